The molecule has 1 heterocycles. The van der Waals surface area contributed by atoms with Gasteiger partial charge in [-0.15, -0.1) is 0 Å². The Hall–Kier alpha value is -2.04. The monoisotopic (exact) mass is 428 g/mol. The fourth-order valence-corrected chi connectivity index (χ4v) is 4.04. The lowest BCUT2D eigenvalue weighted by Crippen LogP contribution is -2.47. The Kier molecular flexibility index (Phi) is 8.17. The summed E-state index contributed by atoms with van der Waals surface area (Å²) in [7, 11) is 0. The molecule has 1 saturated heterocycles. The van der Waals surface area contributed by atoms with Crippen molar-refractivity contribution >= 4 is 23.3 Å². The summed E-state index contributed by atoms with van der Waals surface area (Å²) in [5, 5.41) is 0.769. The maximum atomic E-state index is 12.5. The molecule has 0 bridgehead atoms. The molecule has 0 aliphatic carbocycles. The van der Waals surface area contributed by atoms with Gasteiger partial charge < -0.3 is 9.64 Å². The average Bonchev–Trinajstić information content (AvgIpc) is 2.74. The Labute approximate surface area is 185 Å². The van der Waals surface area contributed by atoms with Gasteiger partial charge in [-0.25, -0.2) is 0 Å². The van der Waals surface area contributed by atoms with E-state index in [0.29, 0.717) is 12.5 Å². The Morgan fingerprint density at radius 2 is 1.73 bits per heavy atom. The molecule has 1 unspecified atom stereocenters. The summed E-state index contributed by atoms with van der Waals surface area (Å²) in [4.78, 5) is 17.1. The zero-order valence-corrected chi connectivity index (χ0v) is 19.1. The molecule has 4 nitrogen and oxygen atoms in total. The molecule has 30 heavy (non-hydrogen) atoms. The van der Waals surface area contributed by atoms with Crippen LogP contribution >= 0.6 is 11.6 Å². The molecule has 0 N–H and O–H groups in total. The fourth-order valence-electron chi connectivity index (χ4n) is 3.85. The number of esters is 1. The number of hydrogen-bond acceptors (Lipinski definition) is 4. The van der Waals surface area contributed by atoms with Crippen LogP contribution < -0.4 is 4.90 Å². The Morgan fingerprint density at radius 3 is 2.37 bits per heavy atom. The highest BCUT2D eigenvalue weighted by molar-refractivity contribution is 6.30. The molecule has 5 heteroatoms. The molecular weight excluding hydrogens is 396 g/mol. The number of piperazine rings is 1. The van der Waals surface area contributed by atoms with E-state index >= 15 is 0 Å². The number of hydrogen-bond donors (Lipinski definition) is 0. The molecular formula is C25H33ClN2O2. The summed E-state index contributed by atoms with van der Waals surface area (Å²) in [6.45, 7) is 11.4. The van der Waals surface area contributed by atoms with Gasteiger partial charge in [0, 0.05) is 43.4 Å². The van der Waals surface area contributed by atoms with E-state index in [9.17, 15) is 4.79 Å². The molecule has 0 amide bonds. The lowest BCUT2D eigenvalue weighted by atomic mass is 9.97. The molecule has 1 atom stereocenters. The largest absolute Gasteiger partial charge is 0.464 e. The van der Waals surface area contributed by atoms with Gasteiger partial charge in [0.05, 0.1) is 5.92 Å². The van der Waals surface area contributed by atoms with Crippen LogP contribution in [0.15, 0.2) is 48.5 Å². The standard InChI is InChI=1S/C25H33ClN2O2/c1-19(2)17-21-7-9-22(10-8-21)20(3)25(29)30-16-15-27-11-13-28(14-12-27)24-6-4-5-23(26)18-24/h4-10,18-20H,11-17H2,1-3H3. The van der Waals surface area contributed by atoms with Crippen LogP contribution in [0.3, 0.4) is 0 Å². The minimum atomic E-state index is -0.238. The van der Waals surface area contributed by atoms with Crippen LogP contribution in [-0.2, 0) is 16.0 Å². The van der Waals surface area contributed by atoms with Crippen molar-refractivity contribution in [2.45, 2.75) is 33.1 Å². The van der Waals surface area contributed by atoms with Gasteiger partial charge in [0.1, 0.15) is 6.61 Å². The lowest BCUT2D eigenvalue weighted by molar-refractivity contribution is -0.145. The molecule has 0 spiro atoms. The number of rotatable bonds is 8. The van der Waals surface area contributed by atoms with Gasteiger partial charge in [-0.3, -0.25) is 9.69 Å². The highest BCUT2D eigenvalue weighted by Crippen LogP contribution is 2.21. The van der Waals surface area contributed by atoms with E-state index in [1.165, 1.54) is 11.3 Å². The van der Waals surface area contributed by atoms with E-state index < -0.39 is 0 Å². The van der Waals surface area contributed by atoms with E-state index in [1.807, 2.05) is 25.1 Å². The second-order valence-electron chi connectivity index (χ2n) is 8.54. The third-order valence-electron chi connectivity index (χ3n) is 5.67. The maximum Gasteiger partial charge on any atom is 0.313 e. The van der Waals surface area contributed by atoms with Crippen LogP contribution in [0.4, 0.5) is 5.69 Å². The molecule has 162 valence electrons. The molecule has 0 aromatic heterocycles. The molecule has 1 fully saturated rings. The Bertz CT molecular complexity index is 814. The van der Waals surface area contributed by atoms with E-state index in [4.69, 9.17) is 16.3 Å². The lowest BCUT2D eigenvalue weighted by Gasteiger charge is -2.36. The van der Waals surface area contributed by atoms with Crippen LogP contribution in [0.25, 0.3) is 0 Å². The third kappa shape index (κ3) is 6.48. The quantitative estimate of drug-likeness (QED) is 0.553. The second kappa shape index (κ2) is 10.8. The van der Waals surface area contributed by atoms with Crippen LogP contribution in [-0.4, -0.2) is 50.2 Å². The van der Waals surface area contributed by atoms with Gasteiger partial charge in [-0.1, -0.05) is 55.8 Å². The molecule has 3 rings (SSSR count). The predicted molar refractivity (Wildman–Crippen MR) is 124 cm³/mol. The summed E-state index contributed by atoms with van der Waals surface area (Å²) in [5.41, 5.74) is 3.50. The number of benzene rings is 2. The van der Waals surface area contributed by atoms with Crippen molar-refractivity contribution in [2.75, 3.05) is 44.2 Å². The van der Waals surface area contributed by atoms with Crippen LogP contribution in [0.5, 0.6) is 0 Å². The molecule has 2 aromatic carbocycles. The van der Waals surface area contributed by atoms with Gasteiger partial charge in [0.2, 0.25) is 0 Å². The van der Waals surface area contributed by atoms with Crippen molar-refractivity contribution in [1.82, 2.24) is 4.90 Å². The normalized spacial score (nSPS) is 16.0. The summed E-state index contributed by atoms with van der Waals surface area (Å²) in [6.07, 6.45) is 1.06. The molecule has 0 radical (unpaired) electrons. The topological polar surface area (TPSA) is 32.8 Å². The summed E-state index contributed by atoms with van der Waals surface area (Å²) < 4.78 is 5.57. The minimum Gasteiger partial charge on any atom is -0.464 e. The first-order valence-corrected chi connectivity index (χ1v) is 11.3. The minimum absolute atomic E-state index is 0.149. The zero-order chi connectivity index (χ0) is 21.5. The average molecular weight is 429 g/mol. The first kappa shape index (κ1) is 22.6. The maximum absolute atomic E-state index is 12.5. The number of anilines is 1. The molecule has 1 aliphatic heterocycles. The summed E-state index contributed by atoms with van der Waals surface area (Å²) in [5.74, 6) is 0.243. The zero-order valence-electron chi connectivity index (χ0n) is 18.3. The number of nitrogens with zero attached hydrogens (tertiary/aromatic N) is 2. The van der Waals surface area contributed by atoms with Gasteiger partial charge in [-0.2, -0.15) is 0 Å². The third-order valence-corrected chi connectivity index (χ3v) is 5.91. The molecule has 2 aromatic rings. The van der Waals surface area contributed by atoms with Crippen molar-refractivity contribution in [3.05, 3.63) is 64.7 Å². The molecule has 1 aliphatic rings. The van der Waals surface area contributed by atoms with Gasteiger partial charge in [-0.05, 0) is 48.6 Å². The first-order valence-electron chi connectivity index (χ1n) is 10.9. The smallest absolute Gasteiger partial charge is 0.313 e. The van der Waals surface area contributed by atoms with Crippen molar-refractivity contribution < 1.29 is 9.53 Å². The van der Waals surface area contributed by atoms with E-state index in [0.717, 1.165) is 49.7 Å². The van der Waals surface area contributed by atoms with Gasteiger partial charge in [0.15, 0.2) is 0 Å². The highest BCUT2D eigenvalue weighted by Gasteiger charge is 2.20. The Balaban J connectivity index is 1.39. The SMILES string of the molecule is CC(C)Cc1ccc(C(C)C(=O)OCCN2CCN(c3cccc(Cl)c3)CC2)cc1. The van der Waals surface area contributed by atoms with E-state index in [-0.39, 0.29) is 11.9 Å². The first-order chi connectivity index (χ1) is 14.4. The van der Waals surface area contributed by atoms with Gasteiger partial charge >= 0.3 is 5.97 Å². The van der Waals surface area contributed by atoms with Crippen LogP contribution in [0.2, 0.25) is 5.02 Å². The second-order valence-corrected chi connectivity index (χ2v) is 8.97. The number of ether oxygens (including phenoxy) is 1. The van der Waals surface area contributed by atoms with Gasteiger partial charge in [0.25, 0.3) is 0 Å². The summed E-state index contributed by atoms with van der Waals surface area (Å²) >= 11 is 6.10. The number of carbonyl (C=O) groups is 1. The Morgan fingerprint density at radius 1 is 1.03 bits per heavy atom. The summed E-state index contributed by atoms with van der Waals surface area (Å²) in [6, 6.07) is 16.4. The van der Waals surface area contributed by atoms with Crippen molar-refractivity contribution in [3.8, 4) is 0 Å². The van der Waals surface area contributed by atoms with E-state index in [1.54, 1.807) is 0 Å². The number of halogens is 1. The van der Waals surface area contributed by atoms with Crippen LogP contribution in [0, 0.1) is 5.92 Å². The number of carbonyl (C=O) groups excluding carboxylic acids is 1. The van der Waals surface area contributed by atoms with Crippen molar-refractivity contribution in [2.24, 2.45) is 5.92 Å². The van der Waals surface area contributed by atoms with E-state index in [2.05, 4.69) is 54.0 Å². The fraction of sp³-hybridized carbons (Fsp3) is 0.480. The van der Waals surface area contributed by atoms with Crippen LogP contribution in [0.1, 0.15) is 37.8 Å². The predicted octanol–water partition coefficient (Wildman–Crippen LogP) is 5.01. The van der Waals surface area contributed by atoms with Crippen molar-refractivity contribution in [1.29, 1.82) is 0 Å². The van der Waals surface area contributed by atoms with Crippen molar-refractivity contribution in [3.63, 3.8) is 0 Å². The highest BCUT2D eigenvalue weighted by atomic mass is 35.5. The molecule has 0 saturated carbocycles.